The predicted octanol–water partition coefficient (Wildman–Crippen LogP) is 6.06. The summed E-state index contributed by atoms with van der Waals surface area (Å²) in [4.78, 5) is 27.8. The van der Waals surface area contributed by atoms with E-state index in [1.807, 2.05) is 6.92 Å². The largest absolute Gasteiger partial charge is 0.507 e. The maximum absolute atomic E-state index is 15.2. The number of aromatic nitrogens is 2. The second-order valence-electron chi connectivity index (χ2n) is 9.38. The van der Waals surface area contributed by atoms with E-state index in [-0.39, 0.29) is 33.9 Å². The molecule has 2 aliphatic heterocycles. The van der Waals surface area contributed by atoms with Gasteiger partial charge < -0.3 is 9.84 Å². The molecular weight excluding hydrogens is 556 g/mol. The van der Waals surface area contributed by atoms with Crippen LogP contribution in [-0.4, -0.2) is 33.1 Å². The number of fused-ring (bicyclic) bond motifs is 1. The number of Topliss-reactive ketones (excluding diaryl/α,β-unsaturated/α-hetero) is 1. The lowest BCUT2D eigenvalue weighted by atomic mass is 9.94. The Morgan fingerprint density at radius 2 is 1.82 bits per heavy atom. The van der Waals surface area contributed by atoms with E-state index in [4.69, 9.17) is 4.74 Å². The molecule has 11 heteroatoms. The molecule has 3 heterocycles. The number of aliphatic hydroxyl groups is 1. The summed E-state index contributed by atoms with van der Waals surface area (Å²) in [5.41, 5.74) is 1.42. The van der Waals surface area contributed by atoms with Gasteiger partial charge in [0.25, 0.3) is 5.78 Å². The van der Waals surface area contributed by atoms with Crippen LogP contribution in [-0.2, 0) is 21.8 Å². The lowest BCUT2D eigenvalue weighted by Crippen LogP contribution is -2.29. The maximum Gasteiger partial charge on any atom is 0.301 e. The third-order valence-corrected chi connectivity index (χ3v) is 8.83. The number of hydrogen-bond donors (Lipinski definition) is 1. The zero-order chi connectivity index (χ0) is 28.0. The first-order valence-corrected chi connectivity index (χ1v) is 14.2. The number of ether oxygens (including phenoxy) is 1. The zero-order valence-corrected chi connectivity index (χ0v) is 22.6. The van der Waals surface area contributed by atoms with E-state index in [0.717, 1.165) is 21.8 Å². The van der Waals surface area contributed by atoms with E-state index in [2.05, 4.69) is 10.2 Å². The lowest BCUT2D eigenvalue weighted by Gasteiger charge is -2.22. The van der Waals surface area contributed by atoms with Crippen molar-refractivity contribution in [3.8, 4) is 5.75 Å². The summed E-state index contributed by atoms with van der Waals surface area (Å²) >= 11 is 2.24. The molecule has 7 nitrogen and oxygen atoms in total. The molecule has 1 saturated heterocycles. The van der Waals surface area contributed by atoms with Crippen LogP contribution in [0.1, 0.15) is 35.2 Å². The molecule has 2 atom stereocenters. The molecule has 1 fully saturated rings. The average molecular weight is 578 g/mol. The normalized spacial score (nSPS) is 19.6. The summed E-state index contributed by atoms with van der Waals surface area (Å²) in [5.74, 6) is -2.39. The summed E-state index contributed by atoms with van der Waals surface area (Å²) in [6, 6.07) is 15.8. The summed E-state index contributed by atoms with van der Waals surface area (Å²) in [6.45, 7) is 1.92. The van der Waals surface area contributed by atoms with Gasteiger partial charge in [-0.05, 0) is 48.4 Å². The molecule has 1 amide bonds. The quantitative estimate of drug-likeness (QED) is 0.0980. The van der Waals surface area contributed by atoms with E-state index in [1.165, 1.54) is 36.0 Å². The molecule has 0 bridgehead atoms. The monoisotopic (exact) mass is 577 g/mol. The Morgan fingerprint density at radius 1 is 1.07 bits per heavy atom. The smallest absolute Gasteiger partial charge is 0.301 e. The SMILES string of the molecule is CC1Cc2cc(/C(O)=C3/C(=O)C(=O)N(c4nnc(SCc5ccccc5F)s4)C3c3ccccc3F)ccc2O1. The Kier molecular flexibility index (Phi) is 6.85. The van der Waals surface area contributed by atoms with Gasteiger partial charge in [0.15, 0.2) is 4.34 Å². The van der Waals surface area contributed by atoms with Gasteiger partial charge in [0.2, 0.25) is 5.13 Å². The number of hydrogen-bond acceptors (Lipinski definition) is 8. The zero-order valence-electron chi connectivity index (χ0n) is 21.0. The lowest BCUT2D eigenvalue weighted by molar-refractivity contribution is -0.132. The van der Waals surface area contributed by atoms with Crippen molar-refractivity contribution >= 4 is 45.7 Å². The maximum atomic E-state index is 15.2. The number of carbonyl (C=O) groups excluding carboxylic acids is 2. The standard InChI is InChI=1S/C29H21F2N3O4S2/c1-15-12-18-13-16(10-11-22(18)38-15)25(35)23-24(19-7-3-5-9-21(19)31)34(27(37)26(23)36)28-32-33-29(40-28)39-14-17-6-2-4-8-20(17)30/h2-11,13,15,24,35H,12,14H2,1H3/b25-23-. The fourth-order valence-corrected chi connectivity index (χ4v) is 6.71. The number of halogens is 2. The van der Waals surface area contributed by atoms with Crippen molar-refractivity contribution in [2.24, 2.45) is 0 Å². The molecule has 1 aromatic heterocycles. The highest BCUT2D eigenvalue weighted by Crippen LogP contribution is 2.45. The predicted molar refractivity (Wildman–Crippen MR) is 147 cm³/mol. The minimum absolute atomic E-state index is 0.0251. The van der Waals surface area contributed by atoms with Gasteiger partial charge in [-0.25, -0.2) is 8.78 Å². The van der Waals surface area contributed by atoms with Gasteiger partial charge in [0.1, 0.15) is 35.3 Å². The van der Waals surface area contributed by atoms with E-state index in [9.17, 15) is 19.1 Å². The second kappa shape index (κ2) is 10.5. The highest BCUT2D eigenvalue weighted by Gasteiger charge is 2.49. The summed E-state index contributed by atoms with van der Waals surface area (Å²) < 4.78 is 35.4. The van der Waals surface area contributed by atoms with Crippen LogP contribution in [0, 0.1) is 11.6 Å². The number of aliphatic hydroxyl groups excluding tert-OH is 1. The molecule has 0 aliphatic carbocycles. The fourth-order valence-electron chi connectivity index (χ4n) is 4.86. The highest BCUT2D eigenvalue weighted by atomic mass is 32.2. The minimum atomic E-state index is -1.28. The van der Waals surface area contributed by atoms with Gasteiger partial charge in [-0.3, -0.25) is 14.5 Å². The van der Waals surface area contributed by atoms with Gasteiger partial charge in [0, 0.05) is 23.3 Å². The second-order valence-corrected chi connectivity index (χ2v) is 11.6. The Balaban J connectivity index is 1.40. The number of amides is 1. The molecule has 1 N–H and O–H groups in total. The minimum Gasteiger partial charge on any atom is -0.507 e. The molecular formula is C29H21F2N3O4S2. The Morgan fingerprint density at radius 3 is 2.60 bits per heavy atom. The molecule has 6 rings (SSSR count). The fraction of sp³-hybridized carbons (Fsp3) is 0.172. The molecule has 0 saturated carbocycles. The number of carbonyl (C=O) groups is 2. The number of nitrogens with zero attached hydrogens (tertiary/aromatic N) is 3. The van der Waals surface area contributed by atoms with Crippen molar-refractivity contribution < 1.29 is 28.2 Å². The van der Waals surface area contributed by atoms with Gasteiger partial charge in [-0.15, -0.1) is 10.2 Å². The Hall–Kier alpha value is -4.09. The Bertz CT molecular complexity index is 1690. The van der Waals surface area contributed by atoms with Crippen molar-refractivity contribution in [3.05, 3.63) is 106 Å². The molecule has 2 unspecified atom stereocenters. The van der Waals surface area contributed by atoms with Crippen LogP contribution in [0.25, 0.3) is 5.76 Å². The van der Waals surface area contributed by atoms with Crippen LogP contribution in [0.3, 0.4) is 0 Å². The molecule has 0 radical (unpaired) electrons. The van der Waals surface area contributed by atoms with Crippen molar-refractivity contribution in [1.82, 2.24) is 10.2 Å². The van der Waals surface area contributed by atoms with Crippen molar-refractivity contribution in [2.75, 3.05) is 4.90 Å². The molecule has 0 spiro atoms. The molecule has 4 aromatic rings. The van der Waals surface area contributed by atoms with Crippen molar-refractivity contribution in [1.29, 1.82) is 0 Å². The first-order chi connectivity index (χ1) is 19.3. The third kappa shape index (κ3) is 4.65. The van der Waals surface area contributed by atoms with Crippen molar-refractivity contribution in [2.45, 2.75) is 35.6 Å². The van der Waals surface area contributed by atoms with Gasteiger partial charge >= 0.3 is 5.91 Å². The first kappa shape index (κ1) is 26.1. The topological polar surface area (TPSA) is 92.6 Å². The van der Waals surface area contributed by atoms with Crippen LogP contribution in [0.5, 0.6) is 5.75 Å². The van der Waals surface area contributed by atoms with E-state index in [0.29, 0.717) is 27.6 Å². The Labute approximate surface area is 236 Å². The van der Waals surface area contributed by atoms with Crippen LogP contribution in [0.15, 0.2) is 76.6 Å². The van der Waals surface area contributed by atoms with E-state index >= 15 is 4.39 Å². The first-order valence-electron chi connectivity index (χ1n) is 12.4. The summed E-state index contributed by atoms with van der Waals surface area (Å²) in [6.07, 6.45) is 0.596. The van der Waals surface area contributed by atoms with Gasteiger partial charge in [-0.1, -0.05) is 59.5 Å². The number of rotatable bonds is 6. The van der Waals surface area contributed by atoms with E-state index in [1.54, 1.807) is 42.5 Å². The number of anilines is 1. The number of ketones is 1. The highest BCUT2D eigenvalue weighted by molar-refractivity contribution is 8.00. The molecule has 202 valence electrons. The van der Waals surface area contributed by atoms with Crippen molar-refractivity contribution in [3.63, 3.8) is 0 Å². The molecule has 3 aromatic carbocycles. The summed E-state index contributed by atoms with van der Waals surface area (Å²) in [7, 11) is 0. The number of thioether (sulfide) groups is 1. The summed E-state index contributed by atoms with van der Waals surface area (Å²) in [5, 5.41) is 19.7. The van der Waals surface area contributed by atoms with Crippen LogP contribution >= 0.6 is 23.1 Å². The molecule has 2 aliphatic rings. The van der Waals surface area contributed by atoms with E-state index < -0.39 is 29.3 Å². The number of benzene rings is 3. The average Bonchev–Trinajstić information content (AvgIpc) is 3.63. The van der Waals surface area contributed by atoms with Crippen LogP contribution in [0.2, 0.25) is 0 Å². The van der Waals surface area contributed by atoms with Crippen LogP contribution < -0.4 is 9.64 Å². The third-order valence-electron chi connectivity index (χ3n) is 6.72. The molecule has 40 heavy (non-hydrogen) atoms. The van der Waals surface area contributed by atoms with Gasteiger partial charge in [0.05, 0.1) is 5.57 Å². The van der Waals surface area contributed by atoms with Gasteiger partial charge in [-0.2, -0.15) is 0 Å². The van der Waals surface area contributed by atoms with Crippen LogP contribution in [0.4, 0.5) is 13.9 Å².